The van der Waals surface area contributed by atoms with Gasteiger partial charge in [0.15, 0.2) is 5.96 Å². The monoisotopic (exact) mass is 353 g/mol. The summed E-state index contributed by atoms with van der Waals surface area (Å²) in [5, 5.41) is 3.52. The van der Waals surface area contributed by atoms with Crippen molar-refractivity contribution in [2.45, 2.75) is 18.9 Å². The van der Waals surface area contributed by atoms with E-state index in [-0.39, 0.29) is 0 Å². The van der Waals surface area contributed by atoms with Gasteiger partial charge in [-0.25, -0.2) is 0 Å². The van der Waals surface area contributed by atoms with Gasteiger partial charge >= 0.3 is 0 Å². The number of para-hydroxylation sites is 1. The fourth-order valence-electron chi connectivity index (χ4n) is 3.31. The number of benzene rings is 2. The fraction of sp³-hybridized carbons (Fsp3) is 0.381. The number of fused-ring (bicyclic) bond motifs is 1. The lowest BCUT2D eigenvalue weighted by Crippen LogP contribution is -2.40. The second kappa shape index (κ2) is 8.61. The van der Waals surface area contributed by atoms with E-state index in [1.165, 1.54) is 11.1 Å². The lowest BCUT2D eigenvalue weighted by atomic mass is 9.93. The summed E-state index contributed by atoms with van der Waals surface area (Å²) in [6.07, 6.45) is 1.02. The van der Waals surface area contributed by atoms with Crippen molar-refractivity contribution >= 4 is 5.96 Å². The van der Waals surface area contributed by atoms with E-state index in [9.17, 15) is 0 Å². The topological polar surface area (TPSA) is 46.1 Å². The van der Waals surface area contributed by atoms with Crippen LogP contribution in [-0.4, -0.2) is 45.2 Å². The molecule has 1 atom stereocenters. The maximum atomic E-state index is 5.75. The van der Waals surface area contributed by atoms with Gasteiger partial charge in [-0.05, 0) is 35.7 Å². The first-order chi connectivity index (χ1) is 12.7. The van der Waals surface area contributed by atoms with Gasteiger partial charge in [-0.1, -0.05) is 30.3 Å². The third kappa shape index (κ3) is 4.28. The summed E-state index contributed by atoms with van der Waals surface area (Å²) in [6.45, 7) is 2.40. The lowest BCUT2D eigenvalue weighted by Gasteiger charge is -2.28. The molecule has 2 aromatic rings. The van der Waals surface area contributed by atoms with E-state index in [0.29, 0.717) is 5.92 Å². The Bertz CT molecular complexity index is 743. The van der Waals surface area contributed by atoms with Crippen molar-refractivity contribution in [1.82, 2.24) is 10.2 Å². The Morgan fingerprint density at radius 1 is 1.23 bits per heavy atom. The summed E-state index contributed by atoms with van der Waals surface area (Å²) in [5.41, 5.74) is 2.49. The first-order valence-corrected chi connectivity index (χ1v) is 8.97. The zero-order valence-electron chi connectivity index (χ0n) is 15.7. The number of guanidine groups is 1. The minimum atomic E-state index is 0.436. The van der Waals surface area contributed by atoms with Gasteiger partial charge in [-0.15, -0.1) is 0 Å². The maximum absolute atomic E-state index is 5.75. The van der Waals surface area contributed by atoms with Crippen LogP contribution >= 0.6 is 0 Å². The largest absolute Gasteiger partial charge is 0.497 e. The summed E-state index contributed by atoms with van der Waals surface area (Å²) in [7, 11) is 5.56. The maximum Gasteiger partial charge on any atom is 0.193 e. The number of nitrogens with zero attached hydrogens (tertiary/aromatic N) is 2. The van der Waals surface area contributed by atoms with Crippen molar-refractivity contribution in [2.24, 2.45) is 4.99 Å². The van der Waals surface area contributed by atoms with Crippen LogP contribution in [0, 0.1) is 0 Å². The molecule has 5 heteroatoms. The van der Waals surface area contributed by atoms with E-state index < -0.39 is 0 Å². The van der Waals surface area contributed by atoms with Crippen LogP contribution < -0.4 is 14.8 Å². The highest BCUT2D eigenvalue weighted by molar-refractivity contribution is 5.79. The van der Waals surface area contributed by atoms with Crippen LogP contribution in [0.3, 0.4) is 0 Å². The number of hydrogen-bond acceptors (Lipinski definition) is 3. The van der Waals surface area contributed by atoms with Gasteiger partial charge in [0.05, 0.1) is 13.7 Å². The highest BCUT2D eigenvalue weighted by Gasteiger charge is 2.21. The fourth-order valence-corrected chi connectivity index (χ4v) is 3.31. The van der Waals surface area contributed by atoms with Gasteiger partial charge in [-0.2, -0.15) is 0 Å². The molecule has 0 amide bonds. The van der Waals surface area contributed by atoms with E-state index in [0.717, 1.165) is 43.6 Å². The quantitative estimate of drug-likeness (QED) is 0.662. The molecule has 0 aromatic heterocycles. The van der Waals surface area contributed by atoms with Gasteiger partial charge < -0.3 is 19.7 Å². The summed E-state index contributed by atoms with van der Waals surface area (Å²) < 4.78 is 11.0. The van der Waals surface area contributed by atoms with Crippen molar-refractivity contribution < 1.29 is 9.47 Å². The standard InChI is InChI=1S/C21H27N3O2/c1-22-21(24(2)15-16-8-10-18(25-3)11-9-16)23-14-17-12-13-26-20-7-5-4-6-19(17)20/h4-11,17H,12-15H2,1-3H3,(H,22,23). The number of aliphatic imine (C=N–C) groups is 1. The highest BCUT2D eigenvalue weighted by atomic mass is 16.5. The molecule has 0 radical (unpaired) electrons. The predicted octanol–water partition coefficient (Wildman–Crippen LogP) is 3.27. The Hall–Kier alpha value is -2.69. The number of ether oxygens (including phenoxy) is 2. The van der Waals surface area contributed by atoms with E-state index >= 15 is 0 Å². The lowest BCUT2D eigenvalue weighted by molar-refractivity contribution is 0.266. The van der Waals surface area contributed by atoms with Crippen molar-refractivity contribution in [3.63, 3.8) is 0 Å². The minimum Gasteiger partial charge on any atom is -0.497 e. The van der Waals surface area contributed by atoms with E-state index in [1.54, 1.807) is 7.11 Å². The third-order valence-corrected chi connectivity index (χ3v) is 4.74. The molecular formula is C21H27N3O2. The average Bonchev–Trinajstić information content (AvgIpc) is 2.69. The van der Waals surface area contributed by atoms with Crippen molar-refractivity contribution in [1.29, 1.82) is 0 Å². The van der Waals surface area contributed by atoms with Crippen molar-refractivity contribution in [2.75, 3.05) is 34.4 Å². The van der Waals surface area contributed by atoms with Crippen LogP contribution in [0.1, 0.15) is 23.5 Å². The van der Waals surface area contributed by atoms with Crippen LogP contribution in [-0.2, 0) is 6.54 Å². The molecule has 5 nitrogen and oxygen atoms in total. The molecule has 1 heterocycles. The molecule has 0 bridgehead atoms. The number of methoxy groups -OCH3 is 1. The summed E-state index contributed by atoms with van der Waals surface area (Å²) >= 11 is 0. The highest BCUT2D eigenvalue weighted by Crippen LogP contribution is 2.32. The number of nitrogens with one attached hydrogen (secondary N) is 1. The first-order valence-electron chi connectivity index (χ1n) is 8.97. The van der Waals surface area contributed by atoms with Gasteiger partial charge in [0, 0.05) is 33.1 Å². The Morgan fingerprint density at radius 3 is 2.73 bits per heavy atom. The second-order valence-corrected chi connectivity index (χ2v) is 6.50. The molecule has 1 aliphatic heterocycles. The SMILES string of the molecule is CN=C(NCC1CCOc2ccccc21)N(C)Cc1ccc(OC)cc1. The molecule has 0 spiro atoms. The molecule has 0 saturated heterocycles. The van der Waals surface area contributed by atoms with Crippen LogP contribution in [0.5, 0.6) is 11.5 Å². The molecule has 26 heavy (non-hydrogen) atoms. The number of hydrogen-bond donors (Lipinski definition) is 1. The second-order valence-electron chi connectivity index (χ2n) is 6.50. The predicted molar refractivity (Wildman–Crippen MR) is 105 cm³/mol. The zero-order chi connectivity index (χ0) is 18.4. The Labute approximate surface area is 155 Å². The molecular weight excluding hydrogens is 326 g/mol. The summed E-state index contributed by atoms with van der Waals surface area (Å²) in [4.78, 5) is 6.57. The molecule has 2 aromatic carbocycles. The van der Waals surface area contributed by atoms with E-state index in [4.69, 9.17) is 9.47 Å². The summed E-state index contributed by atoms with van der Waals surface area (Å²) in [5.74, 6) is 3.21. The van der Waals surface area contributed by atoms with Crippen molar-refractivity contribution in [3.05, 3.63) is 59.7 Å². The molecule has 0 fully saturated rings. The smallest absolute Gasteiger partial charge is 0.193 e. The van der Waals surface area contributed by atoms with E-state index in [1.807, 2.05) is 31.3 Å². The van der Waals surface area contributed by atoms with Crippen LogP contribution in [0.2, 0.25) is 0 Å². The molecule has 0 saturated carbocycles. The normalized spacial score (nSPS) is 16.4. The molecule has 138 valence electrons. The van der Waals surface area contributed by atoms with Crippen LogP contribution in [0.25, 0.3) is 0 Å². The van der Waals surface area contributed by atoms with Crippen LogP contribution in [0.15, 0.2) is 53.5 Å². The molecule has 1 aliphatic rings. The van der Waals surface area contributed by atoms with E-state index in [2.05, 4.69) is 46.5 Å². The summed E-state index contributed by atoms with van der Waals surface area (Å²) in [6, 6.07) is 16.4. The Morgan fingerprint density at radius 2 is 2.00 bits per heavy atom. The van der Waals surface area contributed by atoms with Crippen molar-refractivity contribution in [3.8, 4) is 11.5 Å². The zero-order valence-corrected chi connectivity index (χ0v) is 15.7. The minimum absolute atomic E-state index is 0.436. The van der Waals surface area contributed by atoms with Gasteiger partial charge in [0.1, 0.15) is 11.5 Å². The van der Waals surface area contributed by atoms with Gasteiger partial charge in [0.25, 0.3) is 0 Å². The molecule has 1 unspecified atom stereocenters. The average molecular weight is 353 g/mol. The Balaban J connectivity index is 1.59. The van der Waals surface area contributed by atoms with Gasteiger partial charge in [0.2, 0.25) is 0 Å². The van der Waals surface area contributed by atoms with Gasteiger partial charge in [-0.3, -0.25) is 4.99 Å². The Kier molecular flexibility index (Phi) is 6.00. The molecule has 1 N–H and O–H groups in total. The molecule has 0 aliphatic carbocycles. The third-order valence-electron chi connectivity index (χ3n) is 4.74. The first kappa shape index (κ1) is 18.1. The molecule has 3 rings (SSSR count). The number of rotatable bonds is 5. The van der Waals surface area contributed by atoms with Crippen LogP contribution in [0.4, 0.5) is 0 Å².